The molecule has 0 aliphatic carbocycles. The molecule has 1 heterocycles. The van der Waals surface area contributed by atoms with Gasteiger partial charge in [-0.3, -0.25) is 29.0 Å². The summed E-state index contributed by atoms with van der Waals surface area (Å²) in [6.07, 6.45) is 0.352. The van der Waals surface area contributed by atoms with E-state index in [1.807, 2.05) is 0 Å². The first kappa shape index (κ1) is 36.7. The molecule has 1 aliphatic rings. The van der Waals surface area contributed by atoms with Gasteiger partial charge in [-0.2, -0.15) is 0 Å². The van der Waals surface area contributed by atoms with E-state index in [0.29, 0.717) is 24.8 Å². The van der Waals surface area contributed by atoms with E-state index >= 15 is 0 Å². The lowest BCUT2D eigenvalue weighted by atomic mass is 9.87. The van der Waals surface area contributed by atoms with Crippen LogP contribution in [-0.2, 0) is 35.2 Å². The van der Waals surface area contributed by atoms with E-state index < -0.39 is 84.3 Å². The maximum absolute atomic E-state index is 13.4. The van der Waals surface area contributed by atoms with Gasteiger partial charge in [-0.05, 0) is 37.2 Å². The van der Waals surface area contributed by atoms with Gasteiger partial charge in [-0.15, -0.1) is 0 Å². The Morgan fingerprint density at radius 1 is 1.00 bits per heavy atom. The molecule has 15 heteroatoms. The molecule has 3 unspecified atom stereocenters. The van der Waals surface area contributed by atoms with E-state index in [1.54, 1.807) is 44.2 Å². The predicted octanol–water partition coefficient (Wildman–Crippen LogP) is -0.639. The molecule has 0 saturated carbocycles. The first-order valence-corrected chi connectivity index (χ1v) is 14.9. The van der Waals surface area contributed by atoms with Gasteiger partial charge >= 0.3 is 11.9 Å². The van der Waals surface area contributed by atoms with Gasteiger partial charge in [0.1, 0.15) is 12.1 Å². The fourth-order valence-electron chi connectivity index (χ4n) is 5.17. The Labute approximate surface area is 262 Å². The van der Waals surface area contributed by atoms with Crippen LogP contribution in [0.4, 0.5) is 0 Å². The summed E-state index contributed by atoms with van der Waals surface area (Å²) in [7, 11) is 0. The number of aliphatic imine (C=N–C) groups is 1. The lowest BCUT2D eigenvalue weighted by Gasteiger charge is -2.28. The summed E-state index contributed by atoms with van der Waals surface area (Å²) in [6.45, 7) is 3.90. The van der Waals surface area contributed by atoms with Crippen LogP contribution in [-0.4, -0.2) is 93.8 Å². The maximum atomic E-state index is 13.4. The van der Waals surface area contributed by atoms with E-state index in [4.69, 9.17) is 17.2 Å². The number of hydrogen-bond acceptors (Lipinski definition) is 8. The monoisotopic (exact) mass is 631 g/mol. The second-order valence-electron chi connectivity index (χ2n) is 11.5. The first-order chi connectivity index (χ1) is 21.2. The van der Waals surface area contributed by atoms with Crippen molar-refractivity contribution in [2.75, 3.05) is 13.1 Å². The minimum absolute atomic E-state index is 0.0227. The van der Waals surface area contributed by atoms with Gasteiger partial charge < -0.3 is 42.9 Å². The van der Waals surface area contributed by atoms with Crippen molar-refractivity contribution in [3.8, 4) is 0 Å². The van der Waals surface area contributed by atoms with Crippen molar-refractivity contribution in [2.45, 2.75) is 83.0 Å². The van der Waals surface area contributed by atoms with Gasteiger partial charge in [0.15, 0.2) is 11.7 Å². The summed E-state index contributed by atoms with van der Waals surface area (Å²) in [5.41, 5.74) is 17.3. The maximum Gasteiger partial charge on any atom is 0.326 e. The van der Waals surface area contributed by atoms with Gasteiger partial charge in [0.05, 0.1) is 18.5 Å². The molecule has 5 atom stereocenters. The molecule has 0 spiro atoms. The molecule has 1 aliphatic heterocycles. The summed E-state index contributed by atoms with van der Waals surface area (Å²) in [6, 6.07) is 4.13. The number of guanidine groups is 1. The Bertz CT molecular complexity index is 1240. The zero-order chi connectivity index (χ0) is 33.7. The average molecular weight is 632 g/mol. The number of hydrogen-bond donors (Lipinski definition) is 7. The van der Waals surface area contributed by atoms with Crippen LogP contribution in [0, 0.1) is 11.8 Å². The summed E-state index contributed by atoms with van der Waals surface area (Å²) in [5.74, 6) is -6.64. The topological polar surface area (TPSA) is 261 Å². The number of Topliss-reactive ketones (excluding diaryl/α,β-unsaturated/α-hetero) is 1. The second kappa shape index (κ2) is 17.7. The van der Waals surface area contributed by atoms with Crippen LogP contribution in [0.15, 0.2) is 35.3 Å². The highest BCUT2D eigenvalue weighted by molar-refractivity contribution is 5.97. The number of carboxylic acids is 2. The van der Waals surface area contributed by atoms with Crippen LogP contribution in [0.2, 0.25) is 0 Å². The van der Waals surface area contributed by atoms with Crippen LogP contribution in [0.3, 0.4) is 0 Å². The number of nitrogens with one attached hydrogen (secondary N) is 2. The van der Waals surface area contributed by atoms with E-state index in [2.05, 4.69) is 15.6 Å². The zero-order valence-electron chi connectivity index (χ0n) is 25.7. The molecular weight excluding hydrogens is 586 g/mol. The molecule has 0 bridgehead atoms. The third-order valence-corrected chi connectivity index (χ3v) is 7.67. The molecule has 45 heavy (non-hydrogen) atoms. The fraction of sp³-hybridized carbons (Fsp3) is 0.567. The van der Waals surface area contributed by atoms with Crippen LogP contribution in [0.5, 0.6) is 0 Å². The highest BCUT2D eigenvalue weighted by Crippen LogP contribution is 2.22. The number of benzene rings is 1. The number of nitrogens with two attached hydrogens (primary N) is 3. The van der Waals surface area contributed by atoms with Gasteiger partial charge in [0.25, 0.3) is 0 Å². The molecule has 1 saturated heterocycles. The molecule has 3 amide bonds. The predicted molar refractivity (Wildman–Crippen MR) is 164 cm³/mol. The Morgan fingerprint density at radius 3 is 2.24 bits per heavy atom. The van der Waals surface area contributed by atoms with E-state index in [-0.39, 0.29) is 31.9 Å². The smallest absolute Gasteiger partial charge is 0.326 e. The van der Waals surface area contributed by atoms with Crippen molar-refractivity contribution in [1.29, 1.82) is 0 Å². The Kier molecular flexibility index (Phi) is 14.4. The average Bonchev–Trinajstić information content (AvgIpc) is 3.47. The minimum Gasteiger partial charge on any atom is -0.481 e. The lowest BCUT2D eigenvalue weighted by Crippen LogP contribution is -2.54. The van der Waals surface area contributed by atoms with Gasteiger partial charge in [-0.25, -0.2) is 4.79 Å². The number of amides is 3. The molecule has 1 aromatic carbocycles. The molecule has 15 nitrogen and oxygen atoms in total. The molecular formula is C30H45N7O8. The Morgan fingerprint density at radius 2 is 1.67 bits per heavy atom. The highest BCUT2D eigenvalue weighted by atomic mass is 16.4. The standard InChI is InChI=1S/C30H45N7O8/c1-17(2)19(26(41)36-22(29(44)45)14-18-8-4-3-5-9-18)15-24(38)21(16-25(39)40)35-27(42)23-11-7-13-37(23)28(43)20(31)10-6-12-34-30(32)33/h3-5,8-9,17,19-23H,6-7,10-16,31H2,1-2H3,(H,35,42)(H,36,41)(H,39,40)(H,44,45)(H4,32,33,34)/t19?,20-,21?,22?,23-/m0/s1. The quantitative estimate of drug-likeness (QED) is 0.0609. The number of nitrogens with zero attached hydrogens (tertiary/aromatic N) is 2. The summed E-state index contributed by atoms with van der Waals surface area (Å²) >= 11 is 0. The van der Waals surface area contributed by atoms with E-state index in [1.165, 1.54) is 4.90 Å². The largest absolute Gasteiger partial charge is 0.481 e. The fourth-order valence-corrected chi connectivity index (χ4v) is 5.17. The molecule has 1 fully saturated rings. The Balaban J connectivity index is 2.10. The molecule has 10 N–H and O–H groups in total. The highest BCUT2D eigenvalue weighted by Gasteiger charge is 2.39. The van der Waals surface area contributed by atoms with Crippen molar-refractivity contribution in [2.24, 2.45) is 34.0 Å². The van der Waals surface area contributed by atoms with Crippen molar-refractivity contribution in [3.05, 3.63) is 35.9 Å². The number of carboxylic acid groups (broad SMARTS) is 2. The van der Waals surface area contributed by atoms with Gasteiger partial charge in [0, 0.05) is 31.8 Å². The minimum atomic E-state index is -1.48. The number of aliphatic carboxylic acids is 2. The summed E-state index contributed by atoms with van der Waals surface area (Å²) in [5, 5.41) is 24.2. The van der Waals surface area contributed by atoms with Crippen molar-refractivity contribution >= 4 is 41.4 Å². The second-order valence-corrected chi connectivity index (χ2v) is 11.5. The number of carbonyl (C=O) groups excluding carboxylic acids is 4. The molecule has 1 aromatic rings. The lowest BCUT2D eigenvalue weighted by molar-refractivity contribution is -0.144. The Hall–Kier alpha value is -4.53. The van der Waals surface area contributed by atoms with Crippen molar-refractivity contribution in [3.63, 3.8) is 0 Å². The number of likely N-dealkylation sites (tertiary alicyclic amines) is 1. The van der Waals surface area contributed by atoms with Crippen LogP contribution < -0.4 is 27.8 Å². The van der Waals surface area contributed by atoms with Gasteiger partial charge in [-0.1, -0.05) is 44.2 Å². The first-order valence-electron chi connectivity index (χ1n) is 14.9. The third kappa shape index (κ3) is 11.8. The van der Waals surface area contributed by atoms with Crippen molar-refractivity contribution < 1.29 is 39.0 Å². The SMILES string of the molecule is CC(C)C(CC(=O)C(CC(=O)O)NC(=O)[C@@H]1CCCN1C(=O)[C@@H](N)CCCN=C(N)N)C(=O)NC(Cc1ccccc1)C(=O)O. The number of ketones is 1. The summed E-state index contributed by atoms with van der Waals surface area (Å²) < 4.78 is 0. The number of rotatable bonds is 18. The molecule has 2 rings (SSSR count). The van der Waals surface area contributed by atoms with Crippen LogP contribution in [0.25, 0.3) is 0 Å². The normalized spacial score (nSPS) is 17.1. The molecule has 0 radical (unpaired) electrons. The summed E-state index contributed by atoms with van der Waals surface area (Å²) in [4.78, 5) is 81.6. The van der Waals surface area contributed by atoms with E-state index in [9.17, 15) is 39.0 Å². The zero-order valence-corrected chi connectivity index (χ0v) is 25.7. The van der Waals surface area contributed by atoms with Gasteiger partial charge in [0.2, 0.25) is 17.7 Å². The number of carbonyl (C=O) groups is 6. The third-order valence-electron chi connectivity index (χ3n) is 7.67. The van der Waals surface area contributed by atoms with E-state index in [0.717, 1.165) is 0 Å². The molecule has 248 valence electrons. The van der Waals surface area contributed by atoms with Crippen LogP contribution >= 0.6 is 0 Å². The van der Waals surface area contributed by atoms with Crippen molar-refractivity contribution in [1.82, 2.24) is 15.5 Å². The van der Waals surface area contributed by atoms with Crippen LogP contribution in [0.1, 0.15) is 57.9 Å². The molecule has 0 aromatic heterocycles.